The van der Waals surface area contributed by atoms with Crippen LogP contribution in [0.15, 0.2) is 59.7 Å². The number of carbonyl (C=O) groups excluding carboxylic acids is 1. The van der Waals surface area contributed by atoms with Gasteiger partial charge in [0.2, 0.25) is 0 Å². The summed E-state index contributed by atoms with van der Waals surface area (Å²) in [5.41, 5.74) is 5.12. The number of hydrazone groups is 1. The summed E-state index contributed by atoms with van der Waals surface area (Å²) < 4.78 is 6.74. The van der Waals surface area contributed by atoms with Crippen LogP contribution in [0.1, 0.15) is 21.6 Å². The fourth-order valence-corrected chi connectivity index (χ4v) is 2.70. The minimum Gasteiger partial charge on any atom is -0.497 e. The fraction of sp³-hybridized carbons (Fsp3) is 0.105. The van der Waals surface area contributed by atoms with E-state index in [0.29, 0.717) is 27.7 Å². The quantitative estimate of drug-likeness (QED) is 0.552. The molecule has 1 N–H and O–H groups in total. The van der Waals surface area contributed by atoms with Crippen molar-refractivity contribution in [1.29, 1.82) is 0 Å². The van der Waals surface area contributed by atoms with Crippen molar-refractivity contribution < 1.29 is 9.53 Å². The summed E-state index contributed by atoms with van der Waals surface area (Å²) in [5.74, 6) is 0.258. The molecule has 0 aliphatic rings. The van der Waals surface area contributed by atoms with Gasteiger partial charge in [0.25, 0.3) is 5.91 Å². The van der Waals surface area contributed by atoms with Crippen molar-refractivity contribution in [2.24, 2.45) is 5.10 Å². The molecule has 1 heterocycles. The molecule has 0 radical (unpaired) electrons. The Bertz CT molecular complexity index is 951. The minimum absolute atomic E-state index is 0.343. The SMILES string of the molecule is COc1cccc(C(=O)N/N=C\c2c(C)nn(-c3ccccc3)c2Cl)c1. The third-order valence-corrected chi connectivity index (χ3v) is 4.10. The highest BCUT2D eigenvalue weighted by molar-refractivity contribution is 6.32. The molecule has 6 nitrogen and oxygen atoms in total. The molecule has 0 unspecified atom stereocenters. The van der Waals surface area contributed by atoms with Gasteiger partial charge in [-0.05, 0) is 37.3 Å². The number of rotatable bonds is 5. The molecule has 3 rings (SSSR count). The number of hydrogen-bond acceptors (Lipinski definition) is 4. The average Bonchev–Trinajstić information content (AvgIpc) is 2.96. The predicted molar refractivity (Wildman–Crippen MR) is 101 cm³/mol. The number of halogens is 1. The van der Waals surface area contributed by atoms with Crippen LogP contribution in [0.5, 0.6) is 5.75 Å². The number of hydrogen-bond donors (Lipinski definition) is 1. The van der Waals surface area contributed by atoms with Gasteiger partial charge in [-0.15, -0.1) is 0 Å². The molecule has 0 spiro atoms. The number of carbonyl (C=O) groups is 1. The summed E-state index contributed by atoms with van der Waals surface area (Å²) in [6.07, 6.45) is 1.49. The van der Waals surface area contributed by atoms with Gasteiger partial charge in [-0.3, -0.25) is 4.79 Å². The van der Waals surface area contributed by atoms with Gasteiger partial charge in [0.05, 0.1) is 30.3 Å². The van der Waals surface area contributed by atoms with Crippen molar-refractivity contribution in [1.82, 2.24) is 15.2 Å². The zero-order chi connectivity index (χ0) is 18.5. The number of nitrogens with one attached hydrogen (secondary N) is 1. The second-order valence-electron chi connectivity index (χ2n) is 5.47. The largest absolute Gasteiger partial charge is 0.497 e. The summed E-state index contributed by atoms with van der Waals surface area (Å²) in [6.45, 7) is 1.83. The zero-order valence-corrected chi connectivity index (χ0v) is 15.1. The Kier molecular flexibility index (Phi) is 5.34. The van der Waals surface area contributed by atoms with Gasteiger partial charge in [0.1, 0.15) is 10.9 Å². The van der Waals surface area contributed by atoms with E-state index < -0.39 is 0 Å². The smallest absolute Gasteiger partial charge is 0.271 e. The molecule has 7 heteroatoms. The molecule has 3 aromatic rings. The molecule has 0 saturated carbocycles. The number of aryl methyl sites for hydroxylation is 1. The van der Waals surface area contributed by atoms with Crippen LogP contribution in [-0.4, -0.2) is 29.0 Å². The molecule has 0 fully saturated rings. The highest BCUT2D eigenvalue weighted by atomic mass is 35.5. The Balaban J connectivity index is 1.76. The van der Waals surface area contributed by atoms with Crippen LogP contribution in [0, 0.1) is 6.92 Å². The molecule has 1 aromatic heterocycles. The van der Waals surface area contributed by atoms with Crippen molar-refractivity contribution in [2.45, 2.75) is 6.92 Å². The highest BCUT2D eigenvalue weighted by Gasteiger charge is 2.13. The molecular formula is C19H17ClN4O2. The van der Waals surface area contributed by atoms with Crippen LogP contribution in [-0.2, 0) is 0 Å². The second-order valence-corrected chi connectivity index (χ2v) is 5.83. The third-order valence-electron chi connectivity index (χ3n) is 3.74. The van der Waals surface area contributed by atoms with Crippen LogP contribution in [0.3, 0.4) is 0 Å². The summed E-state index contributed by atoms with van der Waals surface area (Å²) in [7, 11) is 1.55. The van der Waals surface area contributed by atoms with Crippen LogP contribution < -0.4 is 10.2 Å². The molecule has 0 aliphatic carbocycles. The average molecular weight is 369 g/mol. The zero-order valence-electron chi connectivity index (χ0n) is 14.3. The monoisotopic (exact) mass is 368 g/mol. The van der Waals surface area contributed by atoms with E-state index in [2.05, 4.69) is 15.6 Å². The number of para-hydroxylation sites is 1. The first-order valence-electron chi connectivity index (χ1n) is 7.88. The molecule has 0 aliphatic heterocycles. The van der Waals surface area contributed by atoms with Gasteiger partial charge >= 0.3 is 0 Å². The van der Waals surface area contributed by atoms with E-state index >= 15 is 0 Å². The van der Waals surface area contributed by atoms with E-state index in [9.17, 15) is 4.79 Å². The van der Waals surface area contributed by atoms with Gasteiger partial charge in [0.15, 0.2) is 0 Å². The normalized spacial score (nSPS) is 10.9. The number of methoxy groups -OCH3 is 1. The van der Waals surface area contributed by atoms with Gasteiger partial charge in [-0.25, -0.2) is 10.1 Å². The summed E-state index contributed by atoms with van der Waals surface area (Å²) in [5, 5.41) is 8.85. The van der Waals surface area contributed by atoms with Gasteiger partial charge in [-0.2, -0.15) is 10.2 Å². The number of ether oxygens (including phenoxy) is 1. The van der Waals surface area contributed by atoms with Gasteiger partial charge < -0.3 is 4.74 Å². The van der Waals surface area contributed by atoms with E-state index in [-0.39, 0.29) is 5.91 Å². The molecule has 0 atom stereocenters. The number of nitrogens with zero attached hydrogens (tertiary/aromatic N) is 3. The number of benzene rings is 2. The van der Waals surface area contributed by atoms with E-state index in [0.717, 1.165) is 5.69 Å². The maximum absolute atomic E-state index is 12.2. The van der Waals surface area contributed by atoms with Gasteiger partial charge in [-0.1, -0.05) is 35.9 Å². The van der Waals surface area contributed by atoms with E-state index in [4.69, 9.17) is 16.3 Å². The van der Waals surface area contributed by atoms with Crippen molar-refractivity contribution in [3.63, 3.8) is 0 Å². The molecule has 132 valence electrons. The molecule has 0 bridgehead atoms. The fourth-order valence-electron chi connectivity index (χ4n) is 2.38. The maximum Gasteiger partial charge on any atom is 0.271 e. The highest BCUT2D eigenvalue weighted by Crippen LogP contribution is 2.21. The van der Waals surface area contributed by atoms with Crippen molar-refractivity contribution in [3.8, 4) is 11.4 Å². The van der Waals surface area contributed by atoms with Crippen LogP contribution >= 0.6 is 11.6 Å². The van der Waals surface area contributed by atoms with Gasteiger partial charge in [0, 0.05) is 5.56 Å². The van der Waals surface area contributed by atoms with Crippen molar-refractivity contribution in [2.75, 3.05) is 7.11 Å². The molecule has 1 amide bonds. The van der Waals surface area contributed by atoms with E-state index in [1.54, 1.807) is 36.1 Å². The Morgan fingerprint density at radius 3 is 2.73 bits per heavy atom. The first-order valence-corrected chi connectivity index (χ1v) is 8.26. The van der Waals surface area contributed by atoms with Crippen molar-refractivity contribution in [3.05, 3.63) is 76.6 Å². The lowest BCUT2D eigenvalue weighted by Gasteiger charge is -2.03. The summed E-state index contributed by atoms with van der Waals surface area (Å²) in [4.78, 5) is 12.2. The molecule has 2 aromatic carbocycles. The molecular weight excluding hydrogens is 352 g/mol. The lowest BCUT2D eigenvalue weighted by atomic mass is 10.2. The van der Waals surface area contributed by atoms with Crippen LogP contribution in [0.2, 0.25) is 5.15 Å². The number of aromatic nitrogens is 2. The topological polar surface area (TPSA) is 68.5 Å². The minimum atomic E-state index is -0.343. The predicted octanol–water partition coefficient (Wildman–Crippen LogP) is 3.61. The first-order chi connectivity index (χ1) is 12.6. The summed E-state index contributed by atoms with van der Waals surface area (Å²) in [6, 6.07) is 16.4. The van der Waals surface area contributed by atoms with E-state index in [1.807, 2.05) is 37.3 Å². The third kappa shape index (κ3) is 3.75. The summed E-state index contributed by atoms with van der Waals surface area (Å²) >= 11 is 6.42. The van der Waals surface area contributed by atoms with Crippen molar-refractivity contribution >= 4 is 23.7 Å². The Labute approximate surface area is 156 Å². The first kappa shape index (κ1) is 17.7. The second kappa shape index (κ2) is 7.84. The van der Waals surface area contributed by atoms with Crippen LogP contribution in [0.4, 0.5) is 0 Å². The Hall–Kier alpha value is -3.12. The maximum atomic E-state index is 12.2. The Morgan fingerprint density at radius 2 is 2.00 bits per heavy atom. The Morgan fingerprint density at radius 1 is 1.23 bits per heavy atom. The van der Waals surface area contributed by atoms with Crippen LogP contribution in [0.25, 0.3) is 5.69 Å². The lowest BCUT2D eigenvalue weighted by Crippen LogP contribution is -2.17. The standard InChI is InChI=1S/C19H17ClN4O2/c1-13-17(18(20)24(23-13)15-8-4-3-5-9-15)12-21-22-19(25)14-7-6-10-16(11-14)26-2/h3-12H,1-2H3,(H,22,25)/b21-12-. The van der Waals surface area contributed by atoms with E-state index in [1.165, 1.54) is 6.21 Å². The lowest BCUT2D eigenvalue weighted by molar-refractivity contribution is 0.0955. The molecule has 26 heavy (non-hydrogen) atoms. The molecule has 0 saturated heterocycles. The number of amides is 1.